The molecule has 0 radical (unpaired) electrons. The molecule has 0 fully saturated rings. The van der Waals surface area contributed by atoms with Crippen molar-refractivity contribution in [1.29, 1.82) is 0 Å². The predicted octanol–water partition coefficient (Wildman–Crippen LogP) is 5.33. The lowest BCUT2D eigenvalue weighted by Gasteiger charge is -2.13. The standard InChI is InChI=1S/C20H26O5S/c1-2-3-4-5-6-7-10-16-11-8-9-12-19(16)25-20-15-17(26(22,23)24)13-14-18(20)21/h8-9,11-15,21H,2-7,10H2,1H3,(H,22,23,24). The lowest BCUT2D eigenvalue weighted by molar-refractivity contribution is 0.406. The van der Waals surface area contributed by atoms with Crippen molar-refractivity contribution < 1.29 is 22.8 Å². The van der Waals surface area contributed by atoms with Gasteiger partial charge in [-0.25, -0.2) is 0 Å². The number of unbranched alkanes of at least 4 members (excludes halogenated alkanes) is 5. The number of phenols is 1. The fourth-order valence-electron chi connectivity index (χ4n) is 2.76. The van der Waals surface area contributed by atoms with Gasteiger partial charge in [-0.05, 0) is 36.6 Å². The van der Waals surface area contributed by atoms with Crippen LogP contribution in [0.25, 0.3) is 0 Å². The quantitative estimate of drug-likeness (QED) is 0.431. The highest BCUT2D eigenvalue weighted by atomic mass is 32.2. The van der Waals surface area contributed by atoms with Crippen LogP contribution in [0.1, 0.15) is 51.0 Å². The molecule has 0 heterocycles. The first-order chi connectivity index (χ1) is 12.4. The molecule has 0 saturated heterocycles. The van der Waals surface area contributed by atoms with E-state index in [0.717, 1.165) is 37.0 Å². The maximum atomic E-state index is 11.3. The highest BCUT2D eigenvalue weighted by molar-refractivity contribution is 7.85. The Morgan fingerprint density at radius 2 is 1.62 bits per heavy atom. The Labute approximate surface area is 155 Å². The lowest BCUT2D eigenvalue weighted by atomic mass is 10.0. The second-order valence-corrected chi connectivity index (χ2v) is 7.75. The van der Waals surface area contributed by atoms with Gasteiger partial charge in [0.15, 0.2) is 11.5 Å². The van der Waals surface area contributed by atoms with Gasteiger partial charge in [-0.15, -0.1) is 0 Å². The van der Waals surface area contributed by atoms with Gasteiger partial charge in [-0.3, -0.25) is 4.55 Å². The second kappa shape index (κ2) is 9.59. The summed E-state index contributed by atoms with van der Waals surface area (Å²) in [5.41, 5.74) is 1.000. The van der Waals surface area contributed by atoms with E-state index >= 15 is 0 Å². The average molecular weight is 378 g/mol. The fourth-order valence-corrected chi connectivity index (χ4v) is 3.26. The van der Waals surface area contributed by atoms with Gasteiger partial charge in [0.1, 0.15) is 5.75 Å². The van der Waals surface area contributed by atoms with Crippen molar-refractivity contribution in [2.24, 2.45) is 0 Å². The fraction of sp³-hybridized carbons (Fsp3) is 0.400. The van der Waals surface area contributed by atoms with Crippen molar-refractivity contribution in [3.8, 4) is 17.2 Å². The summed E-state index contributed by atoms with van der Waals surface area (Å²) in [6.07, 6.45) is 8.00. The van der Waals surface area contributed by atoms with E-state index in [1.807, 2.05) is 18.2 Å². The molecule has 6 heteroatoms. The first kappa shape index (κ1) is 20.3. The predicted molar refractivity (Wildman–Crippen MR) is 102 cm³/mol. The van der Waals surface area contributed by atoms with Crippen LogP contribution in [0.5, 0.6) is 17.2 Å². The molecule has 142 valence electrons. The molecule has 0 atom stereocenters. The minimum Gasteiger partial charge on any atom is -0.504 e. The van der Waals surface area contributed by atoms with E-state index in [2.05, 4.69) is 6.92 Å². The second-order valence-electron chi connectivity index (χ2n) is 6.33. The van der Waals surface area contributed by atoms with Gasteiger partial charge < -0.3 is 9.84 Å². The smallest absolute Gasteiger partial charge is 0.294 e. The highest BCUT2D eigenvalue weighted by Crippen LogP contribution is 2.34. The normalized spacial score (nSPS) is 11.5. The van der Waals surface area contributed by atoms with Crippen LogP contribution >= 0.6 is 0 Å². The first-order valence-corrected chi connectivity index (χ1v) is 10.4. The zero-order valence-corrected chi connectivity index (χ0v) is 15.8. The number of ether oxygens (including phenoxy) is 1. The Morgan fingerprint density at radius 3 is 2.35 bits per heavy atom. The van der Waals surface area contributed by atoms with E-state index in [0.29, 0.717) is 5.75 Å². The number of aromatic hydroxyl groups is 1. The Bertz CT molecular complexity index is 815. The molecule has 0 saturated carbocycles. The SMILES string of the molecule is CCCCCCCCc1ccccc1Oc1cc(S(=O)(=O)O)ccc1O. The number of rotatable bonds is 10. The monoisotopic (exact) mass is 378 g/mol. The summed E-state index contributed by atoms with van der Waals surface area (Å²) in [5.74, 6) is 0.381. The van der Waals surface area contributed by atoms with Crippen molar-refractivity contribution in [2.75, 3.05) is 0 Å². The number of hydrogen-bond acceptors (Lipinski definition) is 4. The molecule has 0 aromatic heterocycles. The summed E-state index contributed by atoms with van der Waals surface area (Å²) in [6.45, 7) is 2.19. The Kier molecular flexibility index (Phi) is 7.48. The molecular weight excluding hydrogens is 352 g/mol. The minimum absolute atomic E-state index is 0.00415. The molecular formula is C20H26O5S. The van der Waals surface area contributed by atoms with Gasteiger partial charge in [-0.1, -0.05) is 57.2 Å². The Hall–Kier alpha value is -2.05. The van der Waals surface area contributed by atoms with Gasteiger partial charge in [-0.2, -0.15) is 8.42 Å². The molecule has 2 aromatic rings. The van der Waals surface area contributed by atoms with Crippen molar-refractivity contribution in [2.45, 2.75) is 56.8 Å². The number of aryl methyl sites for hydroxylation is 1. The highest BCUT2D eigenvalue weighted by Gasteiger charge is 2.15. The molecule has 26 heavy (non-hydrogen) atoms. The van der Waals surface area contributed by atoms with Gasteiger partial charge in [0.25, 0.3) is 10.1 Å². The summed E-state index contributed by atoms with van der Waals surface area (Å²) >= 11 is 0. The van der Waals surface area contributed by atoms with Crippen molar-refractivity contribution in [3.05, 3.63) is 48.0 Å². The molecule has 0 aliphatic carbocycles. The minimum atomic E-state index is -4.36. The van der Waals surface area contributed by atoms with E-state index in [9.17, 15) is 13.5 Å². The average Bonchev–Trinajstić information content (AvgIpc) is 2.60. The van der Waals surface area contributed by atoms with E-state index in [1.54, 1.807) is 6.07 Å². The van der Waals surface area contributed by atoms with E-state index in [4.69, 9.17) is 9.29 Å². The molecule has 2 N–H and O–H groups in total. The molecule has 0 unspecified atom stereocenters. The van der Waals surface area contributed by atoms with Crippen LogP contribution in [0.4, 0.5) is 0 Å². The zero-order chi connectivity index (χ0) is 19.0. The molecule has 5 nitrogen and oxygen atoms in total. The van der Waals surface area contributed by atoms with E-state index < -0.39 is 10.1 Å². The van der Waals surface area contributed by atoms with Crippen LogP contribution in [-0.4, -0.2) is 18.1 Å². The van der Waals surface area contributed by atoms with E-state index in [1.165, 1.54) is 31.7 Å². The van der Waals surface area contributed by atoms with Crippen LogP contribution in [0.3, 0.4) is 0 Å². The van der Waals surface area contributed by atoms with Gasteiger partial charge in [0, 0.05) is 6.07 Å². The largest absolute Gasteiger partial charge is 0.504 e. The molecule has 0 bridgehead atoms. The van der Waals surface area contributed by atoms with Crippen LogP contribution in [0, 0.1) is 0 Å². The molecule has 0 aliphatic rings. The zero-order valence-electron chi connectivity index (χ0n) is 15.0. The number of phenolic OH excluding ortho intramolecular Hbond substituents is 1. The van der Waals surface area contributed by atoms with Crippen LogP contribution in [0.15, 0.2) is 47.4 Å². The molecule has 2 rings (SSSR count). The van der Waals surface area contributed by atoms with Crippen molar-refractivity contribution in [3.63, 3.8) is 0 Å². The summed E-state index contributed by atoms with van der Waals surface area (Å²) in [7, 11) is -4.36. The van der Waals surface area contributed by atoms with Crippen LogP contribution in [0.2, 0.25) is 0 Å². The summed E-state index contributed by atoms with van der Waals surface area (Å²) in [5, 5.41) is 9.95. The Balaban J connectivity index is 2.08. The maximum Gasteiger partial charge on any atom is 0.294 e. The molecule has 0 amide bonds. The molecule has 0 aliphatic heterocycles. The van der Waals surface area contributed by atoms with Crippen molar-refractivity contribution in [1.82, 2.24) is 0 Å². The topological polar surface area (TPSA) is 83.8 Å². The van der Waals surface area contributed by atoms with Crippen LogP contribution in [-0.2, 0) is 16.5 Å². The third kappa shape index (κ3) is 6.04. The van der Waals surface area contributed by atoms with E-state index in [-0.39, 0.29) is 16.4 Å². The number of hydrogen-bond donors (Lipinski definition) is 2. The van der Waals surface area contributed by atoms with Crippen LogP contribution < -0.4 is 4.74 Å². The number of para-hydroxylation sites is 1. The number of benzene rings is 2. The third-order valence-corrected chi connectivity index (χ3v) is 5.07. The summed E-state index contributed by atoms with van der Waals surface area (Å²) in [4.78, 5) is -0.321. The Morgan fingerprint density at radius 1 is 0.923 bits per heavy atom. The summed E-state index contributed by atoms with van der Waals surface area (Å²) in [6, 6.07) is 10.9. The maximum absolute atomic E-state index is 11.3. The molecule has 2 aromatic carbocycles. The third-order valence-electron chi connectivity index (χ3n) is 4.22. The van der Waals surface area contributed by atoms with Gasteiger partial charge in [0.05, 0.1) is 4.90 Å². The van der Waals surface area contributed by atoms with Gasteiger partial charge >= 0.3 is 0 Å². The van der Waals surface area contributed by atoms with Gasteiger partial charge in [0.2, 0.25) is 0 Å². The summed E-state index contributed by atoms with van der Waals surface area (Å²) < 4.78 is 37.5. The first-order valence-electron chi connectivity index (χ1n) is 8.98. The molecule has 0 spiro atoms. The lowest BCUT2D eigenvalue weighted by Crippen LogP contribution is -1.99. The van der Waals surface area contributed by atoms with Crippen molar-refractivity contribution >= 4 is 10.1 Å².